The van der Waals surface area contributed by atoms with Crippen molar-refractivity contribution in [3.8, 4) is 5.75 Å². The number of imide groups is 1. The first kappa shape index (κ1) is 14.6. The van der Waals surface area contributed by atoms with Crippen LogP contribution in [-0.4, -0.2) is 35.8 Å². The van der Waals surface area contributed by atoms with Crippen LogP contribution in [0, 0.1) is 0 Å². The fraction of sp³-hybridized carbons (Fsp3) is 0.438. The molecular weight excluding hydrogens is 284 g/mol. The van der Waals surface area contributed by atoms with Crippen molar-refractivity contribution in [2.75, 3.05) is 13.2 Å². The van der Waals surface area contributed by atoms with E-state index in [4.69, 9.17) is 4.74 Å². The van der Waals surface area contributed by atoms with Crippen LogP contribution in [0.4, 0.5) is 0 Å². The van der Waals surface area contributed by atoms with E-state index in [1.54, 1.807) is 0 Å². The van der Waals surface area contributed by atoms with E-state index in [0.717, 1.165) is 11.3 Å². The molecule has 1 atom stereocenters. The summed E-state index contributed by atoms with van der Waals surface area (Å²) < 4.78 is 5.56. The number of ether oxygens (including phenoxy) is 1. The molecule has 0 bridgehead atoms. The van der Waals surface area contributed by atoms with E-state index in [9.17, 15) is 14.4 Å². The molecule has 0 aromatic heterocycles. The molecule has 0 radical (unpaired) electrons. The summed E-state index contributed by atoms with van der Waals surface area (Å²) in [5.41, 5.74) is 0.968. The van der Waals surface area contributed by atoms with Crippen LogP contribution in [0.15, 0.2) is 24.3 Å². The largest absolute Gasteiger partial charge is 0.493 e. The predicted molar refractivity (Wildman–Crippen MR) is 78.0 cm³/mol. The first-order valence-electron chi connectivity index (χ1n) is 7.49. The Morgan fingerprint density at radius 1 is 1.23 bits per heavy atom. The first-order chi connectivity index (χ1) is 10.6. The van der Waals surface area contributed by atoms with Gasteiger partial charge in [-0.2, -0.15) is 0 Å². The number of amides is 3. The number of hydrogen-bond acceptors (Lipinski definition) is 4. The van der Waals surface area contributed by atoms with Crippen molar-refractivity contribution in [3.05, 3.63) is 29.8 Å². The summed E-state index contributed by atoms with van der Waals surface area (Å²) in [6, 6.07) is 7.55. The molecule has 116 valence electrons. The van der Waals surface area contributed by atoms with Crippen LogP contribution in [0.25, 0.3) is 0 Å². The molecule has 22 heavy (non-hydrogen) atoms. The van der Waals surface area contributed by atoms with Crippen molar-refractivity contribution in [2.45, 2.75) is 31.7 Å². The van der Waals surface area contributed by atoms with Crippen LogP contribution < -0.4 is 10.1 Å². The van der Waals surface area contributed by atoms with Crippen LogP contribution in [0.3, 0.4) is 0 Å². The summed E-state index contributed by atoms with van der Waals surface area (Å²) in [7, 11) is 0. The summed E-state index contributed by atoms with van der Waals surface area (Å²) in [4.78, 5) is 36.3. The average molecular weight is 302 g/mol. The van der Waals surface area contributed by atoms with E-state index in [1.807, 2.05) is 24.3 Å². The number of benzene rings is 1. The van der Waals surface area contributed by atoms with Gasteiger partial charge in [-0.3, -0.25) is 19.3 Å². The molecule has 1 aromatic rings. The van der Waals surface area contributed by atoms with Gasteiger partial charge in [0.15, 0.2) is 0 Å². The average Bonchev–Trinajstić information content (AvgIpc) is 2.84. The van der Waals surface area contributed by atoms with Gasteiger partial charge in [-0.25, -0.2) is 0 Å². The first-order valence-corrected chi connectivity index (χ1v) is 7.49. The molecule has 1 fully saturated rings. The van der Waals surface area contributed by atoms with Gasteiger partial charge in [-0.05, 0) is 6.07 Å². The van der Waals surface area contributed by atoms with Gasteiger partial charge in [0.1, 0.15) is 5.75 Å². The van der Waals surface area contributed by atoms with E-state index in [2.05, 4.69) is 5.32 Å². The maximum absolute atomic E-state index is 12.1. The third-order valence-corrected chi connectivity index (χ3v) is 4.01. The lowest BCUT2D eigenvalue weighted by Gasteiger charge is -2.26. The minimum Gasteiger partial charge on any atom is -0.493 e. The molecule has 6 nitrogen and oxygen atoms in total. The Hall–Kier alpha value is -2.37. The van der Waals surface area contributed by atoms with E-state index < -0.39 is 0 Å². The second-order valence-electron chi connectivity index (χ2n) is 5.48. The Morgan fingerprint density at radius 3 is 2.73 bits per heavy atom. The number of hydrogen-bond donors (Lipinski definition) is 1. The second-order valence-corrected chi connectivity index (χ2v) is 5.48. The summed E-state index contributed by atoms with van der Waals surface area (Å²) >= 11 is 0. The molecule has 1 unspecified atom stereocenters. The van der Waals surface area contributed by atoms with Gasteiger partial charge in [0.25, 0.3) is 0 Å². The highest BCUT2D eigenvalue weighted by Gasteiger charge is 2.29. The minimum atomic E-state index is -0.186. The van der Waals surface area contributed by atoms with E-state index in [0.29, 0.717) is 13.0 Å². The normalized spacial score (nSPS) is 20.5. The standard InChI is InChI=1S/C16H18N2O4/c19-14(7-9-18-15(20)5-6-16(18)21)17-12-8-10-22-13-4-2-1-3-11(12)13/h1-4,12H,5-10H2,(H,17,19). The van der Waals surface area contributed by atoms with Crippen LogP contribution in [0.5, 0.6) is 5.75 Å². The second kappa shape index (κ2) is 6.17. The molecule has 1 aromatic carbocycles. The lowest BCUT2D eigenvalue weighted by atomic mass is 10.0. The molecule has 0 spiro atoms. The topological polar surface area (TPSA) is 75.7 Å². The van der Waals surface area contributed by atoms with Gasteiger partial charge in [0, 0.05) is 37.8 Å². The van der Waals surface area contributed by atoms with E-state index in [-0.39, 0.29) is 49.6 Å². The zero-order valence-electron chi connectivity index (χ0n) is 12.2. The van der Waals surface area contributed by atoms with Crippen molar-refractivity contribution in [2.24, 2.45) is 0 Å². The third-order valence-electron chi connectivity index (χ3n) is 4.01. The van der Waals surface area contributed by atoms with E-state index in [1.165, 1.54) is 4.90 Å². The Morgan fingerprint density at radius 2 is 1.95 bits per heavy atom. The summed E-state index contributed by atoms with van der Waals surface area (Å²) in [5.74, 6) is 0.265. The lowest BCUT2D eigenvalue weighted by molar-refractivity contribution is -0.138. The number of para-hydroxylation sites is 1. The zero-order chi connectivity index (χ0) is 15.5. The zero-order valence-corrected chi connectivity index (χ0v) is 12.2. The highest BCUT2D eigenvalue weighted by molar-refractivity contribution is 6.02. The number of nitrogens with zero attached hydrogens (tertiary/aromatic N) is 1. The van der Waals surface area contributed by atoms with Gasteiger partial charge < -0.3 is 10.1 Å². The van der Waals surface area contributed by atoms with Gasteiger partial charge in [0.05, 0.1) is 12.6 Å². The van der Waals surface area contributed by atoms with Gasteiger partial charge in [-0.1, -0.05) is 18.2 Å². The van der Waals surface area contributed by atoms with Crippen LogP contribution >= 0.6 is 0 Å². The third kappa shape index (κ3) is 2.95. The van der Waals surface area contributed by atoms with E-state index >= 15 is 0 Å². The smallest absolute Gasteiger partial charge is 0.229 e. The minimum absolute atomic E-state index is 0.0811. The number of carbonyl (C=O) groups excluding carboxylic acids is 3. The summed E-state index contributed by atoms with van der Waals surface area (Å²) in [6.45, 7) is 0.722. The van der Waals surface area contributed by atoms with Crippen LogP contribution in [0.1, 0.15) is 37.3 Å². The highest BCUT2D eigenvalue weighted by atomic mass is 16.5. The Bertz CT molecular complexity index is 598. The highest BCUT2D eigenvalue weighted by Crippen LogP contribution is 2.31. The van der Waals surface area contributed by atoms with Crippen molar-refractivity contribution in [1.29, 1.82) is 0 Å². The fourth-order valence-corrected chi connectivity index (χ4v) is 2.84. The molecular formula is C16H18N2O4. The fourth-order valence-electron chi connectivity index (χ4n) is 2.84. The molecule has 1 N–H and O–H groups in total. The Labute approximate surface area is 128 Å². The SMILES string of the molecule is O=C(CCN1C(=O)CCC1=O)NC1CCOc2ccccc21. The van der Waals surface area contributed by atoms with Crippen molar-refractivity contribution >= 4 is 17.7 Å². The summed E-state index contributed by atoms with van der Waals surface area (Å²) in [6.07, 6.45) is 1.36. The molecule has 3 rings (SSSR count). The number of rotatable bonds is 4. The van der Waals surface area contributed by atoms with Gasteiger partial charge >= 0.3 is 0 Å². The van der Waals surface area contributed by atoms with Gasteiger partial charge in [0.2, 0.25) is 17.7 Å². The molecule has 1 saturated heterocycles. The quantitative estimate of drug-likeness (QED) is 0.847. The summed E-state index contributed by atoms with van der Waals surface area (Å²) in [5, 5.41) is 2.96. The van der Waals surface area contributed by atoms with Crippen molar-refractivity contribution in [1.82, 2.24) is 10.2 Å². The molecule has 2 heterocycles. The maximum Gasteiger partial charge on any atom is 0.229 e. The number of nitrogens with one attached hydrogen (secondary N) is 1. The Balaban J connectivity index is 1.57. The number of fused-ring (bicyclic) bond motifs is 1. The monoisotopic (exact) mass is 302 g/mol. The molecule has 2 aliphatic rings. The van der Waals surface area contributed by atoms with Gasteiger partial charge in [-0.15, -0.1) is 0 Å². The van der Waals surface area contributed by atoms with Crippen LogP contribution in [0.2, 0.25) is 0 Å². The maximum atomic E-state index is 12.1. The van der Waals surface area contributed by atoms with Crippen molar-refractivity contribution < 1.29 is 19.1 Å². The number of carbonyl (C=O) groups is 3. The Kier molecular flexibility index (Phi) is 4.09. The molecule has 6 heteroatoms. The lowest BCUT2D eigenvalue weighted by Crippen LogP contribution is -2.36. The predicted octanol–water partition coefficient (Wildman–Crippen LogP) is 1.17. The van der Waals surface area contributed by atoms with Crippen molar-refractivity contribution in [3.63, 3.8) is 0 Å². The molecule has 0 aliphatic carbocycles. The molecule has 0 saturated carbocycles. The molecule has 3 amide bonds. The molecule has 2 aliphatic heterocycles. The number of likely N-dealkylation sites (tertiary alicyclic amines) is 1. The van der Waals surface area contributed by atoms with Crippen LogP contribution in [-0.2, 0) is 14.4 Å².